The van der Waals surface area contributed by atoms with Crippen LogP contribution in [0, 0.1) is 0 Å². The van der Waals surface area contributed by atoms with Gasteiger partial charge in [0.2, 0.25) is 0 Å². The molecular formula is C11H12INS. The van der Waals surface area contributed by atoms with Crippen molar-refractivity contribution in [2.24, 2.45) is 0 Å². The average Bonchev–Trinajstić information content (AvgIpc) is 2.16. The molecule has 0 radical (unpaired) electrons. The predicted octanol–water partition coefficient (Wildman–Crippen LogP) is 3.57. The van der Waals surface area contributed by atoms with Gasteiger partial charge in [0, 0.05) is 15.5 Å². The third-order valence-corrected chi connectivity index (χ3v) is 3.39. The summed E-state index contributed by atoms with van der Waals surface area (Å²) in [6.07, 6.45) is 2.04. The first kappa shape index (κ1) is 10.4. The van der Waals surface area contributed by atoms with E-state index in [0.29, 0.717) is 0 Å². The van der Waals surface area contributed by atoms with Crippen molar-refractivity contribution in [3.8, 4) is 0 Å². The molecule has 0 aromatic heterocycles. The van der Waals surface area contributed by atoms with E-state index in [2.05, 4.69) is 53.0 Å². The van der Waals surface area contributed by atoms with E-state index in [9.17, 15) is 0 Å². The molecule has 0 amide bonds. The molecule has 0 fully saturated rings. The van der Waals surface area contributed by atoms with Crippen LogP contribution in [0.3, 0.4) is 0 Å². The number of thiocarbonyl (C=S) groups is 1. The summed E-state index contributed by atoms with van der Waals surface area (Å²) in [6, 6.07) is 8.40. The van der Waals surface area contributed by atoms with Crippen molar-refractivity contribution < 1.29 is 0 Å². The summed E-state index contributed by atoms with van der Waals surface area (Å²) in [5.74, 6) is 0. The van der Waals surface area contributed by atoms with E-state index in [1.54, 1.807) is 0 Å². The van der Waals surface area contributed by atoms with Gasteiger partial charge in [-0.2, -0.15) is 0 Å². The summed E-state index contributed by atoms with van der Waals surface area (Å²) in [6.45, 7) is 2.25. The van der Waals surface area contributed by atoms with Crippen LogP contribution in [0.1, 0.15) is 18.9 Å². The molecule has 1 heterocycles. The fourth-order valence-electron chi connectivity index (χ4n) is 1.79. The van der Waals surface area contributed by atoms with Crippen LogP contribution >= 0.6 is 34.8 Å². The van der Waals surface area contributed by atoms with Gasteiger partial charge >= 0.3 is 0 Å². The molecule has 1 aromatic carbocycles. The molecule has 0 spiro atoms. The predicted molar refractivity (Wildman–Crippen MR) is 73.4 cm³/mol. The highest BCUT2D eigenvalue weighted by Gasteiger charge is 2.26. The molecule has 74 valence electrons. The van der Waals surface area contributed by atoms with Crippen LogP contribution in [0.15, 0.2) is 24.3 Å². The molecular weight excluding hydrogens is 305 g/mol. The van der Waals surface area contributed by atoms with Crippen LogP contribution in [0.5, 0.6) is 0 Å². The summed E-state index contributed by atoms with van der Waals surface area (Å²) < 4.78 is 0.244. The standard InChI is InChI=1S/C11H12INS/c1-11(12)6-8-4-2-3-5-9(8)13-10(14)7-11/h2-5H,6-7H2,1H3,(H,13,14). The molecule has 1 aromatic rings. The average molecular weight is 317 g/mol. The summed E-state index contributed by atoms with van der Waals surface area (Å²) in [4.78, 5) is 0.951. The molecule has 1 N–H and O–H groups in total. The Balaban J connectivity index is 2.42. The maximum absolute atomic E-state index is 5.30. The number of benzene rings is 1. The number of para-hydroxylation sites is 1. The fourth-order valence-corrected chi connectivity index (χ4v) is 3.26. The Morgan fingerprint density at radius 3 is 2.86 bits per heavy atom. The topological polar surface area (TPSA) is 12.0 Å². The number of halogens is 1. The first-order valence-corrected chi connectivity index (χ1v) is 6.12. The van der Waals surface area contributed by atoms with Crippen LogP contribution in [-0.2, 0) is 6.42 Å². The lowest BCUT2D eigenvalue weighted by atomic mass is 9.99. The number of anilines is 1. The van der Waals surface area contributed by atoms with Gasteiger partial charge in [0.25, 0.3) is 0 Å². The number of fused-ring (bicyclic) bond motifs is 1. The van der Waals surface area contributed by atoms with Crippen molar-refractivity contribution in [2.45, 2.75) is 23.2 Å². The zero-order valence-corrected chi connectivity index (χ0v) is 11.0. The second kappa shape index (κ2) is 3.77. The lowest BCUT2D eigenvalue weighted by Gasteiger charge is -2.19. The second-order valence-electron chi connectivity index (χ2n) is 3.97. The smallest absolute Gasteiger partial charge is 0.0810 e. The molecule has 1 atom stereocenters. The Bertz CT molecular complexity index is 373. The van der Waals surface area contributed by atoms with Crippen LogP contribution < -0.4 is 5.32 Å². The Kier molecular flexibility index (Phi) is 2.79. The number of hydrogen-bond acceptors (Lipinski definition) is 1. The van der Waals surface area contributed by atoms with Crippen LogP contribution in [0.2, 0.25) is 0 Å². The van der Waals surface area contributed by atoms with Gasteiger partial charge in [-0.15, -0.1) is 0 Å². The number of hydrogen-bond donors (Lipinski definition) is 1. The highest BCUT2D eigenvalue weighted by Crippen LogP contribution is 2.34. The van der Waals surface area contributed by atoms with Gasteiger partial charge in [0.15, 0.2) is 0 Å². The Labute approximate surface area is 103 Å². The summed E-state index contributed by atoms with van der Waals surface area (Å²) in [5, 5.41) is 3.30. The van der Waals surface area contributed by atoms with Crippen molar-refractivity contribution in [3.05, 3.63) is 29.8 Å². The lowest BCUT2D eigenvalue weighted by Crippen LogP contribution is -2.22. The van der Waals surface area contributed by atoms with Crippen molar-refractivity contribution in [3.63, 3.8) is 0 Å². The van der Waals surface area contributed by atoms with Crippen LogP contribution in [-0.4, -0.2) is 8.41 Å². The minimum atomic E-state index is 0.244. The van der Waals surface area contributed by atoms with Crippen LogP contribution in [0.25, 0.3) is 0 Å². The van der Waals surface area contributed by atoms with Crippen molar-refractivity contribution in [1.82, 2.24) is 0 Å². The molecule has 1 nitrogen and oxygen atoms in total. The van der Waals surface area contributed by atoms with Gasteiger partial charge < -0.3 is 5.32 Å². The minimum absolute atomic E-state index is 0.244. The maximum atomic E-state index is 5.30. The van der Waals surface area contributed by atoms with Crippen LogP contribution in [0.4, 0.5) is 5.69 Å². The molecule has 14 heavy (non-hydrogen) atoms. The molecule has 1 unspecified atom stereocenters. The first-order valence-electron chi connectivity index (χ1n) is 4.63. The molecule has 3 heteroatoms. The van der Waals surface area contributed by atoms with E-state index in [-0.39, 0.29) is 3.42 Å². The highest BCUT2D eigenvalue weighted by atomic mass is 127. The molecule has 0 aliphatic carbocycles. The van der Waals surface area contributed by atoms with Gasteiger partial charge in [0.05, 0.1) is 4.99 Å². The largest absolute Gasteiger partial charge is 0.350 e. The van der Waals surface area contributed by atoms with E-state index in [1.807, 2.05) is 6.07 Å². The Hall–Kier alpha value is -0.160. The number of nitrogens with one attached hydrogen (secondary N) is 1. The number of alkyl halides is 1. The third-order valence-electron chi connectivity index (χ3n) is 2.38. The van der Waals surface area contributed by atoms with E-state index < -0.39 is 0 Å². The van der Waals surface area contributed by atoms with Gasteiger partial charge in [0.1, 0.15) is 0 Å². The normalized spacial score (nSPS) is 26.3. The van der Waals surface area contributed by atoms with E-state index in [4.69, 9.17) is 12.2 Å². The van der Waals surface area contributed by atoms with Crippen molar-refractivity contribution >= 4 is 45.5 Å². The summed E-state index contributed by atoms with van der Waals surface area (Å²) >= 11 is 7.80. The van der Waals surface area contributed by atoms with Gasteiger partial charge in [-0.05, 0) is 25.0 Å². The van der Waals surface area contributed by atoms with E-state index in [0.717, 1.165) is 17.8 Å². The molecule has 1 aliphatic rings. The van der Waals surface area contributed by atoms with Crippen molar-refractivity contribution in [2.75, 3.05) is 5.32 Å². The van der Waals surface area contributed by atoms with Gasteiger partial charge in [-0.25, -0.2) is 0 Å². The monoisotopic (exact) mass is 317 g/mol. The molecule has 0 saturated heterocycles. The fraction of sp³-hybridized carbons (Fsp3) is 0.364. The molecule has 2 rings (SSSR count). The maximum Gasteiger partial charge on any atom is 0.0810 e. The minimum Gasteiger partial charge on any atom is -0.350 e. The van der Waals surface area contributed by atoms with Gasteiger partial charge in [-0.1, -0.05) is 53.0 Å². The van der Waals surface area contributed by atoms with E-state index >= 15 is 0 Å². The van der Waals surface area contributed by atoms with Crippen molar-refractivity contribution in [1.29, 1.82) is 0 Å². The lowest BCUT2D eigenvalue weighted by molar-refractivity contribution is 0.710. The van der Waals surface area contributed by atoms with E-state index in [1.165, 1.54) is 11.3 Å². The SMILES string of the molecule is CC1(I)CC(=S)Nc2ccccc2C1. The third kappa shape index (κ3) is 2.25. The molecule has 0 bridgehead atoms. The zero-order valence-electron chi connectivity index (χ0n) is 8.01. The highest BCUT2D eigenvalue weighted by molar-refractivity contribution is 14.1. The summed E-state index contributed by atoms with van der Waals surface area (Å²) in [7, 11) is 0. The van der Waals surface area contributed by atoms with Gasteiger partial charge in [-0.3, -0.25) is 0 Å². The zero-order chi connectivity index (χ0) is 10.2. The molecule has 1 aliphatic heterocycles. The Morgan fingerprint density at radius 1 is 1.36 bits per heavy atom. The quantitative estimate of drug-likeness (QED) is 0.446. The first-order chi connectivity index (χ1) is 6.57. The molecule has 0 saturated carbocycles. The second-order valence-corrected chi connectivity index (χ2v) is 7.07. The Morgan fingerprint density at radius 2 is 2.07 bits per heavy atom. The summed E-state index contributed by atoms with van der Waals surface area (Å²) in [5.41, 5.74) is 2.54. The number of rotatable bonds is 0.